The summed E-state index contributed by atoms with van der Waals surface area (Å²) in [4.78, 5) is 2.29. The normalized spacial score (nSPS) is 11.9. The van der Waals surface area contributed by atoms with Crippen LogP contribution in [0.5, 0.6) is 0 Å². The molecule has 0 radical (unpaired) electrons. The zero-order chi connectivity index (χ0) is 36.7. The third kappa shape index (κ3) is 4.60. The summed E-state index contributed by atoms with van der Waals surface area (Å²) in [5, 5.41) is 8.10. The number of nitrogens with zero attached hydrogens (tertiary/aromatic N) is 2. The molecular weight excluding hydrogens is 685 g/mol. The van der Waals surface area contributed by atoms with Crippen molar-refractivity contribution in [1.82, 2.24) is 4.40 Å². The Hall–Kier alpha value is -7.56. The molecule has 0 spiro atoms. The topological polar surface area (TPSA) is 33.9 Å². The first-order valence-corrected chi connectivity index (χ1v) is 19.0. The van der Waals surface area contributed by atoms with Crippen molar-refractivity contribution < 1.29 is 8.83 Å². The van der Waals surface area contributed by atoms with Crippen molar-refractivity contribution in [3.8, 4) is 22.4 Å². The lowest BCUT2D eigenvalue weighted by atomic mass is 9.99. The van der Waals surface area contributed by atoms with Gasteiger partial charge in [0, 0.05) is 67.1 Å². The van der Waals surface area contributed by atoms with E-state index in [1.807, 2.05) is 24.3 Å². The Bertz CT molecular complexity index is 3370. The smallest absolute Gasteiger partial charge is 0.137 e. The molecule has 0 aliphatic carbocycles. The number of hydrogen-bond acceptors (Lipinski definition) is 3. The summed E-state index contributed by atoms with van der Waals surface area (Å²) in [6.45, 7) is 0. The number of pyridine rings is 1. The molecule has 0 aliphatic heterocycles. The summed E-state index contributed by atoms with van der Waals surface area (Å²) in [6, 6.07) is 69.1. The molecule has 56 heavy (non-hydrogen) atoms. The SMILES string of the molecule is c1ccc(-c2c3ccccc3n3c(-c4ccc(N(c5ccc6c(c5)oc5ccccc56)c5ccc6c(c5)oc5ccccc56)cc4)cc4ccccc4c23)cc1. The second-order valence-corrected chi connectivity index (χ2v) is 14.5. The number of rotatable bonds is 5. The highest BCUT2D eigenvalue weighted by atomic mass is 16.3. The van der Waals surface area contributed by atoms with E-state index in [0.29, 0.717) is 0 Å². The van der Waals surface area contributed by atoms with E-state index in [-0.39, 0.29) is 0 Å². The quantitative estimate of drug-likeness (QED) is 0.178. The highest BCUT2D eigenvalue weighted by Crippen LogP contribution is 2.44. The predicted octanol–water partition coefficient (Wildman–Crippen LogP) is 14.8. The molecule has 0 saturated carbocycles. The van der Waals surface area contributed by atoms with Crippen molar-refractivity contribution in [1.29, 1.82) is 0 Å². The second-order valence-electron chi connectivity index (χ2n) is 14.5. The van der Waals surface area contributed by atoms with E-state index in [2.05, 4.69) is 179 Å². The highest BCUT2D eigenvalue weighted by Gasteiger charge is 2.21. The Labute approximate surface area is 321 Å². The lowest BCUT2D eigenvalue weighted by molar-refractivity contribution is 0.669. The van der Waals surface area contributed by atoms with E-state index < -0.39 is 0 Å². The van der Waals surface area contributed by atoms with Gasteiger partial charge < -0.3 is 18.1 Å². The summed E-state index contributed by atoms with van der Waals surface area (Å²) in [7, 11) is 0. The molecule has 4 heterocycles. The standard InChI is InChI=1S/C52H32N2O2/c1-2-12-34(13-3-1)51-44-18-6-9-19-45(44)54-46(30-35-14-4-5-15-39(35)52(51)54)33-22-24-36(25-23-33)53(37-26-28-42-40-16-7-10-20-47(40)55-49(42)31-37)38-27-29-43-41-17-8-11-21-48(41)56-50(43)32-38/h1-32H. The Kier molecular flexibility index (Phi) is 6.60. The fraction of sp³-hybridized carbons (Fsp3) is 0. The van der Waals surface area contributed by atoms with Gasteiger partial charge in [-0.2, -0.15) is 0 Å². The van der Waals surface area contributed by atoms with Gasteiger partial charge in [-0.15, -0.1) is 0 Å². The van der Waals surface area contributed by atoms with Crippen LogP contribution in [0.15, 0.2) is 203 Å². The molecule has 12 aromatic rings. The van der Waals surface area contributed by atoms with E-state index in [0.717, 1.165) is 72.2 Å². The molecule has 0 N–H and O–H groups in total. The van der Waals surface area contributed by atoms with Crippen LogP contribution >= 0.6 is 0 Å². The summed E-state index contributed by atoms with van der Waals surface area (Å²) in [5.41, 5.74) is 13.6. The third-order valence-electron chi connectivity index (χ3n) is 11.3. The molecule has 4 nitrogen and oxygen atoms in total. The lowest BCUT2D eigenvalue weighted by Crippen LogP contribution is -2.09. The minimum atomic E-state index is 0.849. The van der Waals surface area contributed by atoms with Crippen LogP contribution in [0.2, 0.25) is 0 Å². The molecule has 4 heteroatoms. The van der Waals surface area contributed by atoms with Gasteiger partial charge in [0.05, 0.1) is 16.7 Å². The van der Waals surface area contributed by atoms with Crippen LogP contribution in [0.1, 0.15) is 0 Å². The Balaban J connectivity index is 1.06. The predicted molar refractivity (Wildman–Crippen MR) is 233 cm³/mol. The van der Waals surface area contributed by atoms with Gasteiger partial charge in [0.15, 0.2) is 0 Å². The van der Waals surface area contributed by atoms with Gasteiger partial charge in [-0.3, -0.25) is 0 Å². The second kappa shape index (κ2) is 12.0. The largest absolute Gasteiger partial charge is 0.456 e. The maximum absolute atomic E-state index is 6.40. The number of hydrogen-bond donors (Lipinski definition) is 0. The van der Waals surface area contributed by atoms with Crippen LogP contribution in [0.4, 0.5) is 17.1 Å². The molecule has 0 unspecified atom stereocenters. The van der Waals surface area contributed by atoms with E-state index in [1.165, 1.54) is 38.3 Å². The maximum Gasteiger partial charge on any atom is 0.137 e. The monoisotopic (exact) mass is 716 g/mol. The first-order chi connectivity index (χ1) is 27.8. The van der Waals surface area contributed by atoms with Crippen LogP contribution in [-0.2, 0) is 0 Å². The van der Waals surface area contributed by atoms with E-state index >= 15 is 0 Å². The number of furan rings is 2. The molecule has 0 bridgehead atoms. The zero-order valence-corrected chi connectivity index (χ0v) is 30.2. The Morgan fingerprint density at radius 3 is 1.54 bits per heavy atom. The minimum Gasteiger partial charge on any atom is -0.456 e. The molecular formula is C52H32N2O2. The summed E-state index contributed by atoms with van der Waals surface area (Å²) in [5.74, 6) is 0. The van der Waals surface area contributed by atoms with E-state index in [1.54, 1.807) is 0 Å². The Morgan fingerprint density at radius 1 is 0.357 bits per heavy atom. The molecule has 8 aromatic carbocycles. The van der Waals surface area contributed by atoms with Gasteiger partial charge in [-0.1, -0.05) is 121 Å². The minimum absolute atomic E-state index is 0.849. The fourth-order valence-electron chi connectivity index (χ4n) is 8.84. The first-order valence-electron chi connectivity index (χ1n) is 19.0. The third-order valence-corrected chi connectivity index (χ3v) is 11.3. The molecule has 12 rings (SSSR count). The summed E-state index contributed by atoms with van der Waals surface area (Å²) >= 11 is 0. The van der Waals surface area contributed by atoms with Crippen molar-refractivity contribution >= 4 is 88.1 Å². The summed E-state index contributed by atoms with van der Waals surface area (Å²) < 4.78 is 15.3. The fourth-order valence-corrected chi connectivity index (χ4v) is 8.84. The molecule has 0 amide bonds. The number of aromatic nitrogens is 1. The van der Waals surface area contributed by atoms with Gasteiger partial charge in [0.1, 0.15) is 22.3 Å². The molecule has 0 aliphatic rings. The molecule has 0 saturated heterocycles. The molecule has 4 aromatic heterocycles. The number of para-hydroxylation sites is 3. The summed E-state index contributed by atoms with van der Waals surface area (Å²) in [6.07, 6.45) is 0. The van der Waals surface area contributed by atoms with E-state index in [9.17, 15) is 0 Å². The van der Waals surface area contributed by atoms with Gasteiger partial charge in [0.2, 0.25) is 0 Å². The van der Waals surface area contributed by atoms with Crippen molar-refractivity contribution in [3.63, 3.8) is 0 Å². The van der Waals surface area contributed by atoms with Crippen LogP contribution in [-0.4, -0.2) is 4.40 Å². The number of benzene rings is 8. The van der Waals surface area contributed by atoms with Crippen LogP contribution in [0.3, 0.4) is 0 Å². The number of anilines is 3. The Morgan fingerprint density at radius 2 is 0.875 bits per heavy atom. The molecule has 0 atom stereocenters. The molecule has 0 fully saturated rings. The maximum atomic E-state index is 6.40. The van der Waals surface area contributed by atoms with Crippen molar-refractivity contribution in [2.24, 2.45) is 0 Å². The van der Waals surface area contributed by atoms with Gasteiger partial charge >= 0.3 is 0 Å². The van der Waals surface area contributed by atoms with Crippen LogP contribution in [0.25, 0.3) is 93.5 Å². The van der Waals surface area contributed by atoms with Crippen LogP contribution < -0.4 is 4.90 Å². The first kappa shape index (κ1) is 30.9. The molecule has 262 valence electrons. The number of fused-ring (bicyclic) bond motifs is 11. The van der Waals surface area contributed by atoms with E-state index in [4.69, 9.17) is 8.83 Å². The van der Waals surface area contributed by atoms with Gasteiger partial charge in [-0.25, -0.2) is 0 Å². The van der Waals surface area contributed by atoms with Gasteiger partial charge in [0.25, 0.3) is 0 Å². The van der Waals surface area contributed by atoms with Crippen molar-refractivity contribution in [3.05, 3.63) is 194 Å². The van der Waals surface area contributed by atoms with Crippen molar-refractivity contribution in [2.45, 2.75) is 0 Å². The zero-order valence-electron chi connectivity index (χ0n) is 30.2. The average Bonchev–Trinajstić information content (AvgIpc) is 3.93. The average molecular weight is 717 g/mol. The highest BCUT2D eigenvalue weighted by molar-refractivity contribution is 6.16. The lowest BCUT2D eigenvalue weighted by Gasteiger charge is -2.25. The van der Waals surface area contributed by atoms with Gasteiger partial charge in [-0.05, 0) is 77.2 Å². The van der Waals surface area contributed by atoms with Crippen molar-refractivity contribution in [2.75, 3.05) is 4.90 Å². The van der Waals surface area contributed by atoms with Crippen LogP contribution in [0, 0.1) is 0 Å².